The molecule has 0 amide bonds. The summed E-state index contributed by atoms with van der Waals surface area (Å²) in [7, 11) is 1.77. The minimum absolute atomic E-state index is 0.357. The smallest absolute Gasteiger partial charge is 0.0543 e. The van der Waals surface area contributed by atoms with Gasteiger partial charge in [0.05, 0.1) is 6.10 Å². The number of methoxy groups -OCH3 is 1. The summed E-state index contributed by atoms with van der Waals surface area (Å²) in [6, 6.07) is 0.378. The Hall–Kier alpha value is -0.0800. The van der Waals surface area contributed by atoms with E-state index in [1.807, 2.05) is 0 Å². The van der Waals surface area contributed by atoms with E-state index in [0.717, 1.165) is 12.8 Å². The lowest BCUT2D eigenvalue weighted by molar-refractivity contribution is 0.107. The summed E-state index contributed by atoms with van der Waals surface area (Å²) in [6.45, 7) is 4.38. The SMILES string of the molecule is CCCCCCCCCC(N)CCC(C)OC. The summed E-state index contributed by atoms with van der Waals surface area (Å²) in [5.74, 6) is 0. The fourth-order valence-electron chi connectivity index (χ4n) is 2.07. The molecule has 0 fully saturated rings. The molecule has 0 aromatic carbocycles. The lowest BCUT2D eigenvalue weighted by atomic mass is 10.0. The highest BCUT2D eigenvalue weighted by atomic mass is 16.5. The highest BCUT2D eigenvalue weighted by Gasteiger charge is 2.05. The summed E-state index contributed by atoms with van der Waals surface area (Å²) in [5.41, 5.74) is 6.08. The average Bonchev–Trinajstić information content (AvgIpc) is 2.34. The van der Waals surface area contributed by atoms with Crippen molar-refractivity contribution in [3.63, 3.8) is 0 Å². The van der Waals surface area contributed by atoms with Gasteiger partial charge in [-0.25, -0.2) is 0 Å². The Labute approximate surface area is 108 Å². The summed E-state index contributed by atoms with van der Waals surface area (Å²) < 4.78 is 5.23. The average molecular weight is 243 g/mol. The molecule has 0 rings (SSSR count). The fourth-order valence-corrected chi connectivity index (χ4v) is 2.07. The molecule has 0 aromatic rings. The predicted octanol–water partition coefficient (Wildman–Crippen LogP) is 4.27. The second-order valence-corrected chi connectivity index (χ2v) is 5.29. The summed E-state index contributed by atoms with van der Waals surface area (Å²) >= 11 is 0. The van der Waals surface area contributed by atoms with Crippen molar-refractivity contribution in [1.82, 2.24) is 0 Å². The van der Waals surface area contributed by atoms with Gasteiger partial charge in [0.15, 0.2) is 0 Å². The molecule has 0 aromatic heterocycles. The van der Waals surface area contributed by atoms with Crippen LogP contribution in [0.3, 0.4) is 0 Å². The van der Waals surface area contributed by atoms with Crippen LogP contribution in [0, 0.1) is 0 Å². The topological polar surface area (TPSA) is 35.2 Å². The molecule has 0 heterocycles. The second kappa shape index (κ2) is 12.4. The lowest BCUT2D eigenvalue weighted by Gasteiger charge is -2.14. The van der Waals surface area contributed by atoms with E-state index in [4.69, 9.17) is 10.5 Å². The van der Waals surface area contributed by atoms with Crippen LogP contribution in [-0.4, -0.2) is 19.3 Å². The van der Waals surface area contributed by atoms with Gasteiger partial charge in [0.1, 0.15) is 0 Å². The van der Waals surface area contributed by atoms with E-state index in [0.29, 0.717) is 12.1 Å². The molecule has 0 saturated carbocycles. The van der Waals surface area contributed by atoms with E-state index < -0.39 is 0 Å². The number of ether oxygens (including phenoxy) is 1. The summed E-state index contributed by atoms with van der Waals surface area (Å²) in [5, 5.41) is 0. The normalized spacial score (nSPS) is 14.8. The van der Waals surface area contributed by atoms with Gasteiger partial charge in [0.2, 0.25) is 0 Å². The summed E-state index contributed by atoms with van der Waals surface area (Å²) in [6.07, 6.45) is 13.3. The zero-order chi connectivity index (χ0) is 12.9. The zero-order valence-corrected chi connectivity index (χ0v) is 12.2. The van der Waals surface area contributed by atoms with Crippen molar-refractivity contribution < 1.29 is 4.74 Å². The highest BCUT2D eigenvalue weighted by molar-refractivity contribution is 4.64. The van der Waals surface area contributed by atoms with E-state index in [1.165, 1.54) is 51.4 Å². The van der Waals surface area contributed by atoms with Crippen molar-refractivity contribution in [2.24, 2.45) is 5.73 Å². The Kier molecular flexibility index (Phi) is 12.3. The molecular formula is C15H33NO. The Morgan fingerprint density at radius 3 is 2.06 bits per heavy atom. The molecular weight excluding hydrogens is 210 g/mol. The van der Waals surface area contributed by atoms with E-state index in [9.17, 15) is 0 Å². The van der Waals surface area contributed by atoms with Gasteiger partial charge < -0.3 is 10.5 Å². The summed E-state index contributed by atoms with van der Waals surface area (Å²) in [4.78, 5) is 0. The van der Waals surface area contributed by atoms with Crippen LogP contribution >= 0.6 is 0 Å². The molecule has 104 valence electrons. The molecule has 2 unspecified atom stereocenters. The van der Waals surface area contributed by atoms with Crippen molar-refractivity contribution in [1.29, 1.82) is 0 Å². The van der Waals surface area contributed by atoms with E-state index in [-0.39, 0.29) is 0 Å². The van der Waals surface area contributed by atoms with Crippen molar-refractivity contribution in [3.05, 3.63) is 0 Å². The maximum Gasteiger partial charge on any atom is 0.0543 e. The van der Waals surface area contributed by atoms with Crippen LogP contribution < -0.4 is 5.73 Å². The molecule has 0 radical (unpaired) electrons. The van der Waals surface area contributed by atoms with Crippen LogP contribution in [-0.2, 0) is 4.74 Å². The van der Waals surface area contributed by atoms with Gasteiger partial charge in [0, 0.05) is 13.2 Å². The van der Waals surface area contributed by atoms with Crippen LogP contribution in [0.5, 0.6) is 0 Å². The van der Waals surface area contributed by atoms with E-state index in [2.05, 4.69) is 13.8 Å². The van der Waals surface area contributed by atoms with Gasteiger partial charge >= 0.3 is 0 Å². The third-order valence-corrected chi connectivity index (χ3v) is 3.52. The minimum atomic E-state index is 0.357. The van der Waals surface area contributed by atoms with Crippen LogP contribution in [0.1, 0.15) is 78.1 Å². The number of rotatable bonds is 12. The number of unbranched alkanes of at least 4 members (excludes halogenated alkanes) is 6. The van der Waals surface area contributed by atoms with Gasteiger partial charge in [0.25, 0.3) is 0 Å². The molecule has 0 aliphatic carbocycles. The maximum atomic E-state index is 6.08. The zero-order valence-electron chi connectivity index (χ0n) is 12.2. The molecule has 2 N–H and O–H groups in total. The minimum Gasteiger partial charge on any atom is -0.382 e. The molecule has 0 bridgehead atoms. The number of hydrogen-bond acceptors (Lipinski definition) is 2. The molecule has 2 nitrogen and oxygen atoms in total. The van der Waals surface area contributed by atoms with Crippen molar-refractivity contribution >= 4 is 0 Å². The second-order valence-electron chi connectivity index (χ2n) is 5.29. The Morgan fingerprint density at radius 1 is 0.882 bits per heavy atom. The van der Waals surface area contributed by atoms with Gasteiger partial charge in [-0.1, -0.05) is 51.9 Å². The fraction of sp³-hybridized carbons (Fsp3) is 1.00. The molecule has 0 aliphatic heterocycles. The molecule has 17 heavy (non-hydrogen) atoms. The van der Waals surface area contributed by atoms with Crippen molar-refractivity contribution in [3.8, 4) is 0 Å². The van der Waals surface area contributed by atoms with Crippen LogP contribution in [0.15, 0.2) is 0 Å². The molecule has 2 atom stereocenters. The van der Waals surface area contributed by atoms with Gasteiger partial charge in [-0.2, -0.15) is 0 Å². The first-order valence-corrected chi connectivity index (χ1v) is 7.49. The van der Waals surface area contributed by atoms with Crippen molar-refractivity contribution in [2.75, 3.05) is 7.11 Å². The first-order chi connectivity index (χ1) is 8.20. The highest BCUT2D eigenvalue weighted by Crippen LogP contribution is 2.12. The third kappa shape index (κ3) is 12.2. The van der Waals surface area contributed by atoms with Gasteiger partial charge in [-0.05, 0) is 26.2 Å². The first-order valence-electron chi connectivity index (χ1n) is 7.49. The number of hydrogen-bond donors (Lipinski definition) is 1. The van der Waals surface area contributed by atoms with Gasteiger partial charge in [-0.15, -0.1) is 0 Å². The quantitative estimate of drug-likeness (QED) is 0.520. The Balaban J connectivity index is 3.19. The van der Waals surface area contributed by atoms with E-state index in [1.54, 1.807) is 7.11 Å². The standard InChI is InChI=1S/C15H33NO/c1-4-5-6-7-8-9-10-11-15(16)13-12-14(2)17-3/h14-15H,4-13,16H2,1-3H3. The maximum absolute atomic E-state index is 6.08. The van der Waals surface area contributed by atoms with Gasteiger partial charge in [-0.3, -0.25) is 0 Å². The van der Waals surface area contributed by atoms with E-state index >= 15 is 0 Å². The molecule has 0 spiro atoms. The van der Waals surface area contributed by atoms with Crippen LogP contribution in [0.4, 0.5) is 0 Å². The molecule has 0 saturated heterocycles. The number of nitrogens with two attached hydrogens (primary N) is 1. The van der Waals surface area contributed by atoms with Crippen LogP contribution in [0.25, 0.3) is 0 Å². The molecule has 2 heteroatoms. The van der Waals surface area contributed by atoms with Crippen molar-refractivity contribution in [2.45, 2.75) is 90.2 Å². The van der Waals surface area contributed by atoms with Crippen LogP contribution in [0.2, 0.25) is 0 Å². The third-order valence-electron chi connectivity index (χ3n) is 3.52. The largest absolute Gasteiger partial charge is 0.382 e. The monoisotopic (exact) mass is 243 g/mol. The molecule has 0 aliphatic rings. The Bertz CT molecular complexity index is 150. The predicted molar refractivity (Wildman–Crippen MR) is 76.3 cm³/mol. The lowest BCUT2D eigenvalue weighted by Crippen LogP contribution is -2.21. The Morgan fingerprint density at radius 2 is 1.47 bits per heavy atom. The first kappa shape index (κ1) is 16.9.